The van der Waals surface area contributed by atoms with Gasteiger partial charge in [-0.05, 0) is 19.7 Å². The van der Waals surface area contributed by atoms with Crippen LogP contribution >= 0.6 is 0 Å². The summed E-state index contributed by atoms with van der Waals surface area (Å²) in [6.45, 7) is 0.679. The lowest BCUT2D eigenvalue weighted by Crippen LogP contribution is -2.16. The SMILES string of the molecule is CN(C)CC(=C=O)Cc1ccccc1. The Hall–Kier alpha value is -1.37. The van der Waals surface area contributed by atoms with Gasteiger partial charge in [0, 0.05) is 18.5 Å². The molecule has 0 atom stereocenters. The monoisotopic (exact) mass is 189 g/mol. The second-order valence-electron chi connectivity index (χ2n) is 3.61. The molecule has 0 aliphatic rings. The van der Waals surface area contributed by atoms with Crippen LogP contribution in [0.15, 0.2) is 35.9 Å². The largest absolute Gasteiger partial charge is 0.305 e. The third kappa shape index (κ3) is 3.56. The molecule has 0 spiro atoms. The molecule has 0 aromatic heterocycles. The van der Waals surface area contributed by atoms with Crippen molar-refractivity contribution in [3.05, 3.63) is 41.5 Å². The highest BCUT2D eigenvalue weighted by molar-refractivity contribution is 5.54. The van der Waals surface area contributed by atoms with E-state index in [1.807, 2.05) is 55.3 Å². The maximum atomic E-state index is 10.7. The highest BCUT2D eigenvalue weighted by Gasteiger charge is 2.01. The zero-order chi connectivity index (χ0) is 10.4. The minimum atomic E-state index is 0.679. The van der Waals surface area contributed by atoms with Crippen molar-refractivity contribution < 1.29 is 4.79 Å². The number of rotatable bonds is 4. The molecule has 0 saturated carbocycles. The van der Waals surface area contributed by atoms with Crippen molar-refractivity contribution in [2.75, 3.05) is 20.6 Å². The summed E-state index contributed by atoms with van der Waals surface area (Å²) in [6.07, 6.45) is 0.697. The first-order chi connectivity index (χ1) is 6.72. The van der Waals surface area contributed by atoms with Crippen LogP contribution in [-0.2, 0) is 11.2 Å². The van der Waals surface area contributed by atoms with E-state index in [4.69, 9.17) is 0 Å². The van der Waals surface area contributed by atoms with Crippen molar-refractivity contribution in [3.8, 4) is 0 Å². The van der Waals surface area contributed by atoms with Gasteiger partial charge in [0.15, 0.2) is 0 Å². The fourth-order valence-corrected chi connectivity index (χ4v) is 1.35. The van der Waals surface area contributed by atoms with E-state index < -0.39 is 0 Å². The van der Waals surface area contributed by atoms with Crippen molar-refractivity contribution in [2.45, 2.75) is 6.42 Å². The van der Waals surface area contributed by atoms with Gasteiger partial charge in [0.1, 0.15) is 5.94 Å². The topological polar surface area (TPSA) is 20.3 Å². The minimum Gasteiger partial charge on any atom is -0.305 e. The smallest absolute Gasteiger partial charge is 0.125 e. The summed E-state index contributed by atoms with van der Waals surface area (Å²) in [6, 6.07) is 9.97. The molecule has 0 amide bonds. The van der Waals surface area contributed by atoms with Gasteiger partial charge in [0.25, 0.3) is 0 Å². The number of nitrogens with zero attached hydrogens (tertiary/aromatic N) is 1. The molecule has 0 fully saturated rings. The summed E-state index contributed by atoms with van der Waals surface area (Å²) in [5.41, 5.74) is 1.95. The summed E-state index contributed by atoms with van der Waals surface area (Å²) >= 11 is 0. The van der Waals surface area contributed by atoms with Gasteiger partial charge in [-0.1, -0.05) is 30.3 Å². The Morgan fingerprint density at radius 2 is 1.93 bits per heavy atom. The minimum absolute atomic E-state index is 0.679. The van der Waals surface area contributed by atoms with Crippen LogP contribution in [0.25, 0.3) is 0 Å². The van der Waals surface area contributed by atoms with Crippen LogP contribution in [0.1, 0.15) is 5.56 Å². The van der Waals surface area contributed by atoms with Gasteiger partial charge >= 0.3 is 0 Å². The lowest BCUT2D eigenvalue weighted by atomic mass is 10.1. The third-order valence-corrected chi connectivity index (χ3v) is 1.91. The summed E-state index contributed by atoms with van der Waals surface area (Å²) in [7, 11) is 3.89. The second kappa shape index (κ2) is 5.38. The molecule has 0 bridgehead atoms. The van der Waals surface area contributed by atoms with Crippen LogP contribution in [0, 0.1) is 0 Å². The molecule has 0 N–H and O–H groups in total. The Labute approximate surface area is 84.9 Å². The molecular formula is C12H15NO. The van der Waals surface area contributed by atoms with Crippen LogP contribution in [0.4, 0.5) is 0 Å². The lowest BCUT2D eigenvalue weighted by molar-refractivity contribution is 0.441. The molecule has 0 saturated heterocycles. The van der Waals surface area contributed by atoms with E-state index in [1.165, 1.54) is 0 Å². The maximum Gasteiger partial charge on any atom is 0.125 e. The lowest BCUT2D eigenvalue weighted by Gasteiger charge is -2.10. The normalized spacial score (nSPS) is 9.93. The van der Waals surface area contributed by atoms with Gasteiger partial charge in [-0.3, -0.25) is 0 Å². The Balaban J connectivity index is 2.63. The van der Waals surface area contributed by atoms with E-state index in [0.29, 0.717) is 13.0 Å². The molecule has 0 aliphatic heterocycles. The average molecular weight is 189 g/mol. The number of hydrogen-bond donors (Lipinski definition) is 0. The molecule has 1 aromatic rings. The first-order valence-electron chi connectivity index (χ1n) is 4.64. The Morgan fingerprint density at radius 1 is 1.29 bits per heavy atom. The Morgan fingerprint density at radius 3 is 2.43 bits per heavy atom. The standard InChI is InChI=1S/C12H15NO/c1-13(2)9-12(10-14)8-11-6-4-3-5-7-11/h3-7H,8-9H2,1-2H3. The van der Waals surface area contributed by atoms with Gasteiger partial charge in [-0.25, -0.2) is 4.79 Å². The molecule has 1 aromatic carbocycles. The highest BCUT2D eigenvalue weighted by Crippen LogP contribution is 2.05. The van der Waals surface area contributed by atoms with E-state index in [0.717, 1.165) is 11.1 Å². The van der Waals surface area contributed by atoms with E-state index in [9.17, 15) is 4.79 Å². The van der Waals surface area contributed by atoms with Crippen LogP contribution in [-0.4, -0.2) is 31.5 Å². The molecule has 0 aliphatic carbocycles. The fraction of sp³-hybridized carbons (Fsp3) is 0.333. The molecular weight excluding hydrogens is 174 g/mol. The van der Waals surface area contributed by atoms with Crippen LogP contribution in [0.3, 0.4) is 0 Å². The molecule has 2 heteroatoms. The first kappa shape index (κ1) is 10.7. The van der Waals surface area contributed by atoms with Gasteiger partial charge < -0.3 is 4.90 Å². The quantitative estimate of drug-likeness (QED) is 0.670. The van der Waals surface area contributed by atoms with E-state index in [2.05, 4.69) is 0 Å². The van der Waals surface area contributed by atoms with Crippen molar-refractivity contribution in [3.63, 3.8) is 0 Å². The third-order valence-electron chi connectivity index (χ3n) is 1.91. The van der Waals surface area contributed by atoms with Gasteiger partial charge in [-0.2, -0.15) is 0 Å². The van der Waals surface area contributed by atoms with E-state index in [-0.39, 0.29) is 0 Å². The average Bonchev–Trinajstić information content (AvgIpc) is 2.17. The Bertz CT molecular complexity index is 323. The van der Waals surface area contributed by atoms with Crippen LogP contribution < -0.4 is 0 Å². The summed E-state index contributed by atoms with van der Waals surface area (Å²) < 4.78 is 0. The number of benzene rings is 1. The van der Waals surface area contributed by atoms with Crippen molar-refractivity contribution >= 4 is 5.94 Å². The predicted octanol–water partition coefficient (Wildman–Crippen LogP) is 1.55. The predicted molar refractivity (Wildman–Crippen MR) is 57.9 cm³/mol. The zero-order valence-electron chi connectivity index (χ0n) is 8.66. The molecule has 0 heterocycles. The Kier molecular flexibility index (Phi) is 4.11. The maximum absolute atomic E-state index is 10.7. The number of hydrogen-bond acceptors (Lipinski definition) is 2. The molecule has 14 heavy (non-hydrogen) atoms. The molecule has 74 valence electrons. The van der Waals surface area contributed by atoms with Crippen molar-refractivity contribution in [1.82, 2.24) is 4.90 Å². The van der Waals surface area contributed by atoms with E-state index >= 15 is 0 Å². The summed E-state index contributed by atoms with van der Waals surface area (Å²) in [5, 5.41) is 0. The van der Waals surface area contributed by atoms with Gasteiger partial charge in [-0.15, -0.1) is 0 Å². The van der Waals surface area contributed by atoms with Gasteiger partial charge in [0.05, 0.1) is 0 Å². The number of likely N-dealkylation sites (N-methyl/N-ethyl adjacent to an activating group) is 1. The van der Waals surface area contributed by atoms with Gasteiger partial charge in [0.2, 0.25) is 0 Å². The van der Waals surface area contributed by atoms with Crippen LogP contribution in [0.5, 0.6) is 0 Å². The second-order valence-corrected chi connectivity index (χ2v) is 3.61. The molecule has 1 rings (SSSR count). The molecule has 0 unspecified atom stereocenters. The number of carbonyl (C=O) groups excluding carboxylic acids is 1. The summed E-state index contributed by atoms with van der Waals surface area (Å²) in [4.78, 5) is 12.6. The fourth-order valence-electron chi connectivity index (χ4n) is 1.35. The van der Waals surface area contributed by atoms with E-state index in [1.54, 1.807) is 0 Å². The highest BCUT2D eigenvalue weighted by atomic mass is 16.1. The summed E-state index contributed by atoms with van der Waals surface area (Å²) in [5.74, 6) is 2.01. The van der Waals surface area contributed by atoms with Crippen molar-refractivity contribution in [2.24, 2.45) is 0 Å². The molecule has 2 nitrogen and oxygen atoms in total. The van der Waals surface area contributed by atoms with Crippen molar-refractivity contribution in [1.29, 1.82) is 0 Å². The first-order valence-corrected chi connectivity index (χ1v) is 4.64. The molecule has 0 radical (unpaired) electrons. The van der Waals surface area contributed by atoms with Crippen LogP contribution in [0.2, 0.25) is 0 Å². The zero-order valence-corrected chi connectivity index (χ0v) is 8.66.